The van der Waals surface area contributed by atoms with Gasteiger partial charge >= 0.3 is 0 Å². The predicted molar refractivity (Wildman–Crippen MR) is 132 cm³/mol. The molecule has 32 heavy (non-hydrogen) atoms. The monoisotopic (exact) mass is 423 g/mol. The lowest BCUT2D eigenvalue weighted by Crippen LogP contribution is -2.24. The van der Waals surface area contributed by atoms with E-state index >= 15 is 0 Å². The number of para-hydroxylation sites is 2. The van der Waals surface area contributed by atoms with Gasteiger partial charge in [-0.05, 0) is 35.7 Å². The first-order valence-corrected chi connectivity index (χ1v) is 11.0. The van der Waals surface area contributed by atoms with E-state index < -0.39 is 0 Å². The number of hydrogen-bond acceptors (Lipinski definition) is 3. The SMILES string of the molecule is COc1ccccc1-c1ccc(C(C)NCCOc2ccccc2-c2ccccc2)cc1. The largest absolute Gasteiger partial charge is 0.496 e. The molecule has 0 heterocycles. The van der Waals surface area contributed by atoms with Gasteiger partial charge in [0.15, 0.2) is 0 Å². The molecule has 4 aromatic carbocycles. The van der Waals surface area contributed by atoms with Crippen molar-refractivity contribution in [2.75, 3.05) is 20.3 Å². The summed E-state index contributed by atoms with van der Waals surface area (Å²) in [5.74, 6) is 1.80. The number of methoxy groups -OCH3 is 1. The summed E-state index contributed by atoms with van der Waals surface area (Å²) in [6.45, 7) is 3.54. The molecule has 4 aromatic rings. The number of benzene rings is 4. The summed E-state index contributed by atoms with van der Waals surface area (Å²) in [5, 5.41) is 3.56. The normalized spacial score (nSPS) is 11.7. The van der Waals surface area contributed by atoms with Gasteiger partial charge in [0.25, 0.3) is 0 Å². The summed E-state index contributed by atoms with van der Waals surface area (Å²) >= 11 is 0. The van der Waals surface area contributed by atoms with E-state index in [9.17, 15) is 0 Å². The van der Waals surface area contributed by atoms with E-state index in [1.54, 1.807) is 7.11 Å². The minimum absolute atomic E-state index is 0.231. The Hall–Kier alpha value is -3.56. The molecule has 3 nitrogen and oxygen atoms in total. The summed E-state index contributed by atoms with van der Waals surface area (Å²) in [6.07, 6.45) is 0. The molecule has 0 spiro atoms. The van der Waals surface area contributed by atoms with Gasteiger partial charge < -0.3 is 14.8 Å². The fourth-order valence-corrected chi connectivity index (χ4v) is 3.84. The maximum atomic E-state index is 6.10. The maximum Gasteiger partial charge on any atom is 0.127 e. The Morgan fingerprint density at radius 3 is 1.91 bits per heavy atom. The molecule has 4 rings (SSSR count). The van der Waals surface area contributed by atoms with Crippen molar-refractivity contribution in [3.8, 4) is 33.8 Å². The van der Waals surface area contributed by atoms with Gasteiger partial charge in [-0.1, -0.05) is 91.0 Å². The van der Waals surface area contributed by atoms with Gasteiger partial charge in [0, 0.05) is 23.7 Å². The van der Waals surface area contributed by atoms with Crippen LogP contribution in [0.4, 0.5) is 0 Å². The van der Waals surface area contributed by atoms with Gasteiger partial charge in [-0.15, -0.1) is 0 Å². The minimum Gasteiger partial charge on any atom is -0.496 e. The molecule has 0 aromatic heterocycles. The van der Waals surface area contributed by atoms with Crippen LogP contribution in [0.3, 0.4) is 0 Å². The number of hydrogen-bond donors (Lipinski definition) is 1. The van der Waals surface area contributed by atoms with Gasteiger partial charge in [0.2, 0.25) is 0 Å². The van der Waals surface area contributed by atoms with Crippen LogP contribution in [0.5, 0.6) is 11.5 Å². The molecule has 0 aliphatic carbocycles. The Balaban J connectivity index is 1.33. The van der Waals surface area contributed by atoms with Crippen molar-refractivity contribution in [1.82, 2.24) is 5.32 Å². The molecule has 0 aliphatic heterocycles. The van der Waals surface area contributed by atoms with E-state index in [0.717, 1.165) is 34.7 Å². The Kier molecular flexibility index (Phi) is 7.21. The Bertz CT molecular complexity index is 1120. The van der Waals surface area contributed by atoms with Crippen molar-refractivity contribution in [3.63, 3.8) is 0 Å². The zero-order chi connectivity index (χ0) is 22.2. The van der Waals surface area contributed by atoms with Crippen molar-refractivity contribution in [2.45, 2.75) is 13.0 Å². The highest BCUT2D eigenvalue weighted by Crippen LogP contribution is 2.31. The van der Waals surface area contributed by atoms with Crippen LogP contribution in [0, 0.1) is 0 Å². The highest BCUT2D eigenvalue weighted by atomic mass is 16.5. The minimum atomic E-state index is 0.231. The number of ether oxygens (including phenoxy) is 2. The Morgan fingerprint density at radius 2 is 1.22 bits per heavy atom. The first-order valence-electron chi connectivity index (χ1n) is 11.0. The first-order chi connectivity index (χ1) is 15.8. The summed E-state index contributed by atoms with van der Waals surface area (Å²) in [4.78, 5) is 0. The fraction of sp³-hybridized carbons (Fsp3) is 0.172. The van der Waals surface area contributed by atoms with Crippen molar-refractivity contribution in [1.29, 1.82) is 0 Å². The van der Waals surface area contributed by atoms with Crippen molar-refractivity contribution in [3.05, 3.63) is 109 Å². The number of nitrogens with one attached hydrogen (secondary N) is 1. The lowest BCUT2D eigenvalue weighted by Gasteiger charge is -2.17. The molecule has 1 unspecified atom stereocenters. The lowest BCUT2D eigenvalue weighted by atomic mass is 10.0. The third-order valence-electron chi connectivity index (χ3n) is 5.61. The van der Waals surface area contributed by atoms with Gasteiger partial charge in [0.1, 0.15) is 18.1 Å². The van der Waals surface area contributed by atoms with Crippen LogP contribution in [0.1, 0.15) is 18.5 Å². The average Bonchev–Trinajstić information content (AvgIpc) is 2.87. The van der Waals surface area contributed by atoms with Crippen LogP contribution in [0.15, 0.2) is 103 Å². The Morgan fingerprint density at radius 1 is 0.656 bits per heavy atom. The summed E-state index contributed by atoms with van der Waals surface area (Å²) in [6, 6.07) is 35.5. The maximum absolute atomic E-state index is 6.10. The van der Waals surface area contributed by atoms with Crippen LogP contribution >= 0.6 is 0 Å². The second kappa shape index (κ2) is 10.7. The Labute approximate surface area is 190 Å². The van der Waals surface area contributed by atoms with Crippen LogP contribution in [-0.4, -0.2) is 20.3 Å². The molecule has 0 saturated heterocycles. The predicted octanol–water partition coefficient (Wildman–Crippen LogP) is 6.76. The molecule has 0 amide bonds. The molecule has 162 valence electrons. The van der Waals surface area contributed by atoms with Crippen LogP contribution in [-0.2, 0) is 0 Å². The molecule has 1 N–H and O–H groups in total. The van der Waals surface area contributed by atoms with Crippen molar-refractivity contribution in [2.24, 2.45) is 0 Å². The molecular weight excluding hydrogens is 394 g/mol. The fourth-order valence-electron chi connectivity index (χ4n) is 3.84. The molecule has 0 fully saturated rings. The third kappa shape index (κ3) is 5.19. The zero-order valence-corrected chi connectivity index (χ0v) is 18.6. The number of rotatable bonds is 9. The van der Waals surface area contributed by atoms with Gasteiger partial charge in [-0.2, -0.15) is 0 Å². The highest BCUT2D eigenvalue weighted by molar-refractivity contribution is 5.71. The topological polar surface area (TPSA) is 30.5 Å². The summed E-state index contributed by atoms with van der Waals surface area (Å²) in [5.41, 5.74) is 5.79. The van der Waals surface area contributed by atoms with E-state index in [1.807, 2.05) is 42.5 Å². The standard InChI is InChI=1S/C29H29NO2/c1-22(23-16-18-25(19-17-23)26-12-6-8-14-28(26)31-2)30-20-21-32-29-15-9-7-13-27(29)24-10-4-3-5-11-24/h3-19,22,30H,20-21H2,1-2H3. The van der Waals surface area contributed by atoms with E-state index in [1.165, 1.54) is 11.1 Å². The molecule has 0 aliphatic rings. The molecule has 3 heteroatoms. The molecule has 0 bridgehead atoms. The molecule has 1 atom stereocenters. The van der Waals surface area contributed by atoms with E-state index in [0.29, 0.717) is 6.61 Å². The molecular formula is C29H29NO2. The van der Waals surface area contributed by atoms with Gasteiger partial charge in [0.05, 0.1) is 7.11 Å². The first kappa shape index (κ1) is 21.7. The lowest BCUT2D eigenvalue weighted by molar-refractivity contribution is 0.309. The quantitative estimate of drug-likeness (QED) is 0.302. The summed E-state index contributed by atoms with van der Waals surface area (Å²) < 4.78 is 11.6. The summed E-state index contributed by atoms with van der Waals surface area (Å²) in [7, 11) is 1.71. The van der Waals surface area contributed by atoms with E-state index in [4.69, 9.17) is 9.47 Å². The second-order valence-corrected chi connectivity index (χ2v) is 7.71. The van der Waals surface area contributed by atoms with Crippen LogP contribution in [0.25, 0.3) is 22.3 Å². The van der Waals surface area contributed by atoms with Crippen LogP contribution < -0.4 is 14.8 Å². The van der Waals surface area contributed by atoms with Gasteiger partial charge in [-0.25, -0.2) is 0 Å². The zero-order valence-electron chi connectivity index (χ0n) is 18.6. The third-order valence-corrected chi connectivity index (χ3v) is 5.61. The van der Waals surface area contributed by atoms with Crippen molar-refractivity contribution >= 4 is 0 Å². The molecule has 0 radical (unpaired) electrons. The smallest absolute Gasteiger partial charge is 0.127 e. The van der Waals surface area contributed by atoms with E-state index in [2.05, 4.69) is 72.9 Å². The van der Waals surface area contributed by atoms with Crippen LogP contribution in [0.2, 0.25) is 0 Å². The molecule has 0 saturated carbocycles. The van der Waals surface area contributed by atoms with Crippen molar-refractivity contribution < 1.29 is 9.47 Å². The van der Waals surface area contributed by atoms with E-state index in [-0.39, 0.29) is 6.04 Å². The second-order valence-electron chi connectivity index (χ2n) is 7.71. The van der Waals surface area contributed by atoms with Gasteiger partial charge in [-0.3, -0.25) is 0 Å². The average molecular weight is 424 g/mol. The highest BCUT2D eigenvalue weighted by Gasteiger charge is 2.09.